The van der Waals surface area contributed by atoms with Crippen LogP contribution in [0.5, 0.6) is 0 Å². The molecule has 0 unspecified atom stereocenters. The minimum absolute atomic E-state index is 0.185. The summed E-state index contributed by atoms with van der Waals surface area (Å²) in [7, 11) is 0. The van der Waals surface area contributed by atoms with Gasteiger partial charge in [-0.25, -0.2) is 4.79 Å². The Morgan fingerprint density at radius 3 is 2.17 bits per heavy atom. The molecule has 5 heteroatoms. The van der Waals surface area contributed by atoms with E-state index in [1.807, 2.05) is 30.3 Å². The quantitative estimate of drug-likeness (QED) is 0.777. The Labute approximate surface area is 179 Å². The highest BCUT2D eigenvalue weighted by atomic mass is 16.6. The molecule has 5 nitrogen and oxygen atoms in total. The standard InChI is InChI=1S/C25H34N2O3/c28-23(16-25-13-19-10-20(14-25)12-21(11-19)15-25)26-22-6-8-27(9-7-22)24(29)30-17-18-4-2-1-3-5-18/h1-5,19-22H,6-17H2,(H,26,28). The molecule has 1 heterocycles. The highest BCUT2D eigenvalue weighted by Crippen LogP contribution is 2.61. The molecule has 30 heavy (non-hydrogen) atoms. The van der Waals surface area contributed by atoms with Crippen LogP contribution in [0.25, 0.3) is 0 Å². The van der Waals surface area contributed by atoms with Gasteiger partial charge in [-0.3, -0.25) is 4.79 Å². The lowest BCUT2D eigenvalue weighted by atomic mass is 9.49. The molecule has 0 aromatic heterocycles. The summed E-state index contributed by atoms with van der Waals surface area (Å²) >= 11 is 0. The Balaban J connectivity index is 1.06. The Kier molecular flexibility index (Phi) is 5.46. The minimum Gasteiger partial charge on any atom is -0.445 e. The number of amides is 2. The first kappa shape index (κ1) is 19.9. The molecule has 1 aromatic carbocycles. The molecule has 6 rings (SSSR count). The second-order valence-electron chi connectivity index (χ2n) is 10.5. The fourth-order valence-corrected chi connectivity index (χ4v) is 7.14. The molecule has 1 aliphatic heterocycles. The van der Waals surface area contributed by atoms with Gasteiger partial charge in [-0.05, 0) is 80.1 Å². The number of carbonyl (C=O) groups is 2. The zero-order valence-corrected chi connectivity index (χ0v) is 17.9. The molecule has 0 spiro atoms. The van der Waals surface area contributed by atoms with Crippen LogP contribution in [0.4, 0.5) is 4.79 Å². The van der Waals surface area contributed by atoms with Gasteiger partial charge in [-0.1, -0.05) is 30.3 Å². The van der Waals surface area contributed by atoms with Crippen LogP contribution in [0, 0.1) is 23.2 Å². The van der Waals surface area contributed by atoms with E-state index in [1.165, 1.54) is 38.5 Å². The number of carbonyl (C=O) groups excluding carboxylic acids is 2. The fourth-order valence-electron chi connectivity index (χ4n) is 7.14. The third kappa shape index (κ3) is 4.35. The number of hydrogen-bond acceptors (Lipinski definition) is 3. The number of nitrogens with zero attached hydrogens (tertiary/aromatic N) is 1. The van der Waals surface area contributed by atoms with E-state index >= 15 is 0 Å². The zero-order chi connectivity index (χ0) is 20.6. The van der Waals surface area contributed by atoms with Gasteiger partial charge in [0.25, 0.3) is 0 Å². The lowest BCUT2D eigenvalue weighted by Crippen LogP contribution is -2.50. The van der Waals surface area contributed by atoms with E-state index in [9.17, 15) is 9.59 Å². The Morgan fingerprint density at radius 2 is 1.57 bits per heavy atom. The van der Waals surface area contributed by atoms with Gasteiger partial charge in [0, 0.05) is 25.6 Å². The van der Waals surface area contributed by atoms with Gasteiger partial charge < -0.3 is 15.0 Å². The maximum Gasteiger partial charge on any atom is 0.410 e. The third-order valence-corrected chi connectivity index (χ3v) is 8.02. The van der Waals surface area contributed by atoms with Crippen LogP contribution in [0.2, 0.25) is 0 Å². The lowest BCUT2D eigenvalue weighted by Gasteiger charge is -2.56. The van der Waals surface area contributed by atoms with Gasteiger partial charge in [0.05, 0.1) is 0 Å². The van der Waals surface area contributed by atoms with Gasteiger partial charge in [0.15, 0.2) is 0 Å². The van der Waals surface area contributed by atoms with E-state index in [-0.39, 0.29) is 18.0 Å². The first-order valence-corrected chi connectivity index (χ1v) is 11.8. The van der Waals surface area contributed by atoms with Crippen LogP contribution in [0.3, 0.4) is 0 Å². The molecule has 1 saturated heterocycles. The van der Waals surface area contributed by atoms with Gasteiger partial charge in [0.1, 0.15) is 6.61 Å². The molecule has 4 aliphatic carbocycles. The monoisotopic (exact) mass is 410 g/mol. The average Bonchev–Trinajstić information content (AvgIpc) is 2.72. The largest absolute Gasteiger partial charge is 0.445 e. The number of piperidine rings is 1. The number of benzene rings is 1. The SMILES string of the molecule is O=C(CC12CC3CC(CC(C3)C1)C2)NC1CCN(C(=O)OCc2ccccc2)CC1. The van der Waals surface area contributed by atoms with E-state index in [0.717, 1.165) is 42.6 Å². The van der Waals surface area contributed by atoms with Gasteiger partial charge in [0.2, 0.25) is 5.91 Å². The van der Waals surface area contributed by atoms with Crippen molar-refractivity contribution in [2.45, 2.75) is 70.4 Å². The summed E-state index contributed by atoms with van der Waals surface area (Å²) < 4.78 is 5.44. The van der Waals surface area contributed by atoms with Crippen LogP contribution in [0.1, 0.15) is 63.4 Å². The first-order chi connectivity index (χ1) is 14.6. The number of likely N-dealkylation sites (tertiary alicyclic amines) is 1. The molecule has 0 atom stereocenters. The molecule has 1 N–H and O–H groups in total. The summed E-state index contributed by atoms with van der Waals surface area (Å²) in [6.07, 6.45) is 10.2. The Bertz CT molecular complexity index is 735. The molecule has 0 radical (unpaired) electrons. The molecule has 4 saturated carbocycles. The van der Waals surface area contributed by atoms with Crippen molar-refractivity contribution in [2.24, 2.45) is 23.2 Å². The first-order valence-electron chi connectivity index (χ1n) is 11.8. The lowest BCUT2D eigenvalue weighted by molar-refractivity contribution is -0.130. The molecule has 1 aromatic rings. The van der Waals surface area contributed by atoms with Crippen molar-refractivity contribution in [3.05, 3.63) is 35.9 Å². The molecular weight excluding hydrogens is 376 g/mol. The van der Waals surface area contributed by atoms with Gasteiger partial charge >= 0.3 is 6.09 Å². The van der Waals surface area contributed by atoms with Crippen molar-refractivity contribution < 1.29 is 14.3 Å². The van der Waals surface area contributed by atoms with Gasteiger partial charge in [-0.15, -0.1) is 0 Å². The van der Waals surface area contributed by atoms with Gasteiger partial charge in [-0.2, -0.15) is 0 Å². The van der Waals surface area contributed by atoms with Crippen LogP contribution < -0.4 is 5.32 Å². The maximum atomic E-state index is 12.9. The highest BCUT2D eigenvalue weighted by molar-refractivity contribution is 5.77. The summed E-state index contributed by atoms with van der Waals surface area (Å²) in [5, 5.41) is 3.29. The van der Waals surface area contributed by atoms with Crippen molar-refractivity contribution in [3.63, 3.8) is 0 Å². The third-order valence-electron chi connectivity index (χ3n) is 8.02. The molecule has 5 fully saturated rings. The smallest absolute Gasteiger partial charge is 0.410 e. The normalized spacial score (nSPS) is 32.8. The zero-order valence-electron chi connectivity index (χ0n) is 17.9. The summed E-state index contributed by atoms with van der Waals surface area (Å²) in [6, 6.07) is 9.94. The fraction of sp³-hybridized carbons (Fsp3) is 0.680. The number of rotatable bonds is 5. The second-order valence-corrected chi connectivity index (χ2v) is 10.5. The molecule has 2 amide bonds. The number of ether oxygens (including phenoxy) is 1. The van der Waals surface area contributed by atoms with Crippen LogP contribution in [-0.2, 0) is 16.1 Å². The van der Waals surface area contributed by atoms with Crippen LogP contribution in [-0.4, -0.2) is 36.0 Å². The van der Waals surface area contributed by atoms with E-state index in [0.29, 0.717) is 25.1 Å². The maximum absolute atomic E-state index is 12.9. The van der Waals surface area contributed by atoms with Crippen molar-refractivity contribution >= 4 is 12.0 Å². The van der Waals surface area contributed by atoms with E-state index < -0.39 is 0 Å². The molecular formula is C25H34N2O3. The highest BCUT2D eigenvalue weighted by Gasteiger charge is 2.51. The van der Waals surface area contributed by atoms with Crippen molar-refractivity contribution in [2.75, 3.05) is 13.1 Å². The van der Waals surface area contributed by atoms with E-state index in [2.05, 4.69) is 5.32 Å². The number of nitrogens with one attached hydrogen (secondary N) is 1. The molecule has 4 bridgehead atoms. The predicted octanol–water partition coefficient (Wildman–Crippen LogP) is 4.51. The second kappa shape index (κ2) is 8.24. The van der Waals surface area contributed by atoms with E-state index in [1.54, 1.807) is 4.90 Å². The molecule has 162 valence electrons. The van der Waals surface area contributed by atoms with Crippen LogP contribution in [0.15, 0.2) is 30.3 Å². The summed E-state index contributed by atoms with van der Waals surface area (Å²) in [5.41, 5.74) is 1.29. The summed E-state index contributed by atoms with van der Waals surface area (Å²) in [4.78, 5) is 27.0. The summed E-state index contributed by atoms with van der Waals surface area (Å²) in [5.74, 6) is 2.89. The Hall–Kier alpha value is -2.04. The Morgan fingerprint density at radius 1 is 0.967 bits per heavy atom. The van der Waals surface area contributed by atoms with Crippen molar-refractivity contribution in [3.8, 4) is 0 Å². The molecule has 5 aliphatic rings. The number of hydrogen-bond donors (Lipinski definition) is 1. The van der Waals surface area contributed by atoms with Crippen LogP contribution >= 0.6 is 0 Å². The summed E-state index contributed by atoms with van der Waals surface area (Å²) in [6.45, 7) is 1.60. The van der Waals surface area contributed by atoms with Crippen molar-refractivity contribution in [1.82, 2.24) is 10.2 Å². The minimum atomic E-state index is -0.253. The van der Waals surface area contributed by atoms with Crippen molar-refractivity contribution in [1.29, 1.82) is 0 Å². The average molecular weight is 411 g/mol. The topological polar surface area (TPSA) is 58.6 Å². The van der Waals surface area contributed by atoms with E-state index in [4.69, 9.17) is 4.74 Å². The predicted molar refractivity (Wildman–Crippen MR) is 115 cm³/mol.